The molecule has 0 aromatic rings. The van der Waals surface area contributed by atoms with E-state index in [1.165, 1.54) is 32.2 Å². The lowest BCUT2D eigenvalue weighted by atomic mass is 9.93. The van der Waals surface area contributed by atoms with Gasteiger partial charge in [0.25, 0.3) is 0 Å². The van der Waals surface area contributed by atoms with Crippen LogP contribution in [0.5, 0.6) is 0 Å². The molecule has 0 aliphatic carbocycles. The molecule has 1 aliphatic heterocycles. The molecule has 1 saturated heterocycles. The largest absolute Gasteiger partial charge is 0.312 e. The van der Waals surface area contributed by atoms with Crippen molar-refractivity contribution in [1.82, 2.24) is 5.32 Å². The Kier molecular flexibility index (Phi) is 2.94. The van der Waals surface area contributed by atoms with Crippen LogP contribution in [-0.2, 0) is 0 Å². The van der Waals surface area contributed by atoms with E-state index < -0.39 is 0 Å². The van der Waals surface area contributed by atoms with Gasteiger partial charge in [0.05, 0.1) is 0 Å². The molecule has 0 unspecified atom stereocenters. The summed E-state index contributed by atoms with van der Waals surface area (Å²) in [5, 5.41) is 3.55. The lowest BCUT2D eigenvalue weighted by Gasteiger charge is -2.17. The van der Waals surface area contributed by atoms with Crippen LogP contribution in [-0.4, -0.2) is 12.1 Å². The molecule has 66 valence electrons. The molecule has 0 spiro atoms. The number of hydrogen-bond acceptors (Lipinski definition) is 1. The molecule has 1 aliphatic rings. The van der Waals surface area contributed by atoms with Crippen molar-refractivity contribution in [1.29, 1.82) is 0 Å². The first-order valence-electron chi connectivity index (χ1n) is 4.89. The van der Waals surface area contributed by atoms with E-state index in [-0.39, 0.29) is 0 Å². The van der Waals surface area contributed by atoms with Crippen LogP contribution >= 0.6 is 0 Å². The van der Waals surface area contributed by atoms with Crippen molar-refractivity contribution < 1.29 is 0 Å². The molecule has 11 heavy (non-hydrogen) atoms. The topological polar surface area (TPSA) is 12.0 Å². The number of hydrogen-bond donors (Lipinski definition) is 1. The quantitative estimate of drug-likeness (QED) is 0.660. The minimum Gasteiger partial charge on any atom is -0.312 e. The maximum atomic E-state index is 3.55. The van der Waals surface area contributed by atoms with Crippen molar-refractivity contribution in [3.63, 3.8) is 0 Å². The summed E-state index contributed by atoms with van der Waals surface area (Å²) in [6.07, 6.45) is 5.54. The average molecular weight is 155 g/mol. The van der Waals surface area contributed by atoms with Gasteiger partial charge in [-0.3, -0.25) is 0 Å². The smallest absolute Gasteiger partial charge is 0.0128 e. The standard InChI is InChI=1S/C10H21N/c1-4-5-6-9-7-10(2,3)11-8-9/h9,11H,4-8H2,1-3H3/t9-/m0/s1. The molecule has 1 rings (SSSR count). The third kappa shape index (κ3) is 2.82. The highest BCUT2D eigenvalue weighted by Crippen LogP contribution is 2.26. The fourth-order valence-electron chi connectivity index (χ4n) is 1.98. The van der Waals surface area contributed by atoms with Crippen LogP contribution in [0.3, 0.4) is 0 Å². The van der Waals surface area contributed by atoms with Crippen molar-refractivity contribution in [2.45, 2.75) is 52.0 Å². The summed E-state index contributed by atoms with van der Waals surface area (Å²) >= 11 is 0. The van der Waals surface area contributed by atoms with Gasteiger partial charge in [-0.25, -0.2) is 0 Å². The third-order valence-electron chi connectivity index (χ3n) is 2.63. The first-order chi connectivity index (χ1) is 5.14. The maximum Gasteiger partial charge on any atom is 0.0128 e. The lowest BCUT2D eigenvalue weighted by molar-refractivity contribution is 0.427. The molecule has 0 saturated carbocycles. The Bertz CT molecular complexity index is 118. The van der Waals surface area contributed by atoms with E-state index in [1.54, 1.807) is 0 Å². The molecule has 1 heteroatoms. The fraction of sp³-hybridized carbons (Fsp3) is 1.00. The summed E-state index contributed by atoms with van der Waals surface area (Å²) in [7, 11) is 0. The van der Waals surface area contributed by atoms with Crippen molar-refractivity contribution in [3.05, 3.63) is 0 Å². The third-order valence-corrected chi connectivity index (χ3v) is 2.63. The Morgan fingerprint density at radius 2 is 2.18 bits per heavy atom. The molecule has 1 atom stereocenters. The molecular weight excluding hydrogens is 134 g/mol. The number of nitrogens with one attached hydrogen (secondary N) is 1. The highest BCUT2D eigenvalue weighted by molar-refractivity contribution is 4.88. The van der Waals surface area contributed by atoms with Gasteiger partial charge < -0.3 is 5.32 Å². The summed E-state index contributed by atoms with van der Waals surface area (Å²) in [6.45, 7) is 8.12. The Balaban J connectivity index is 2.20. The van der Waals surface area contributed by atoms with E-state index in [0.29, 0.717) is 5.54 Å². The van der Waals surface area contributed by atoms with Gasteiger partial charge in [-0.15, -0.1) is 0 Å². The van der Waals surface area contributed by atoms with Crippen LogP contribution in [0.1, 0.15) is 46.5 Å². The van der Waals surface area contributed by atoms with E-state index in [1.807, 2.05) is 0 Å². The molecule has 1 nitrogen and oxygen atoms in total. The minimum atomic E-state index is 0.415. The SMILES string of the molecule is CCCC[C@@H]1CNC(C)(C)C1. The van der Waals surface area contributed by atoms with E-state index in [0.717, 1.165) is 5.92 Å². The monoisotopic (exact) mass is 155 g/mol. The molecule has 0 aromatic heterocycles. The van der Waals surface area contributed by atoms with Crippen LogP contribution in [0.25, 0.3) is 0 Å². The molecule has 1 fully saturated rings. The first-order valence-corrected chi connectivity index (χ1v) is 4.89. The Morgan fingerprint density at radius 3 is 2.64 bits per heavy atom. The van der Waals surface area contributed by atoms with Gasteiger partial charge >= 0.3 is 0 Å². The van der Waals surface area contributed by atoms with Gasteiger partial charge in [0.15, 0.2) is 0 Å². The summed E-state index contributed by atoms with van der Waals surface area (Å²) < 4.78 is 0. The lowest BCUT2D eigenvalue weighted by Crippen LogP contribution is -2.31. The van der Waals surface area contributed by atoms with E-state index >= 15 is 0 Å². The zero-order chi connectivity index (χ0) is 8.32. The van der Waals surface area contributed by atoms with Crippen molar-refractivity contribution >= 4 is 0 Å². The van der Waals surface area contributed by atoms with Gasteiger partial charge in [-0.2, -0.15) is 0 Å². The average Bonchev–Trinajstić information content (AvgIpc) is 2.26. The van der Waals surface area contributed by atoms with Crippen LogP contribution in [0, 0.1) is 5.92 Å². The van der Waals surface area contributed by atoms with E-state index in [9.17, 15) is 0 Å². The number of unbranched alkanes of at least 4 members (excludes halogenated alkanes) is 1. The second-order valence-corrected chi connectivity index (χ2v) is 4.48. The summed E-state index contributed by atoms with van der Waals surface area (Å²) in [4.78, 5) is 0. The summed E-state index contributed by atoms with van der Waals surface area (Å²) in [5.74, 6) is 0.949. The fourth-order valence-corrected chi connectivity index (χ4v) is 1.98. The summed E-state index contributed by atoms with van der Waals surface area (Å²) in [6, 6.07) is 0. The minimum absolute atomic E-state index is 0.415. The van der Waals surface area contributed by atoms with Crippen molar-refractivity contribution in [3.8, 4) is 0 Å². The van der Waals surface area contributed by atoms with E-state index in [4.69, 9.17) is 0 Å². The molecule has 0 aromatic carbocycles. The predicted octanol–water partition coefficient (Wildman–Crippen LogP) is 2.56. The molecular formula is C10H21N. The van der Waals surface area contributed by atoms with Gasteiger partial charge in [0.1, 0.15) is 0 Å². The first kappa shape index (κ1) is 9.05. The molecule has 0 bridgehead atoms. The second-order valence-electron chi connectivity index (χ2n) is 4.48. The van der Waals surface area contributed by atoms with Crippen molar-refractivity contribution in [2.75, 3.05) is 6.54 Å². The molecule has 1 N–H and O–H groups in total. The highest BCUT2D eigenvalue weighted by Gasteiger charge is 2.29. The highest BCUT2D eigenvalue weighted by atomic mass is 15.0. The van der Waals surface area contributed by atoms with Crippen LogP contribution in [0.15, 0.2) is 0 Å². The molecule has 1 heterocycles. The Hall–Kier alpha value is -0.0400. The van der Waals surface area contributed by atoms with Gasteiger partial charge in [-0.05, 0) is 39.2 Å². The molecule has 0 amide bonds. The zero-order valence-corrected chi connectivity index (χ0v) is 8.11. The van der Waals surface area contributed by atoms with Crippen LogP contribution in [0.2, 0.25) is 0 Å². The van der Waals surface area contributed by atoms with Crippen LogP contribution in [0.4, 0.5) is 0 Å². The maximum absolute atomic E-state index is 3.55. The Morgan fingerprint density at radius 1 is 1.45 bits per heavy atom. The van der Waals surface area contributed by atoms with Gasteiger partial charge in [0.2, 0.25) is 0 Å². The van der Waals surface area contributed by atoms with Gasteiger partial charge in [0, 0.05) is 5.54 Å². The summed E-state index contributed by atoms with van der Waals surface area (Å²) in [5.41, 5.74) is 0.415. The van der Waals surface area contributed by atoms with Crippen LogP contribution < -0.4 is 5.32 Å². The van der Waals surface area contributed by atoms with E-state index in [2.05, 4.69) is 26.1 Å². The number of rotatable bonds is 3. The predicted molar refractivity (Wildman–Crippen MR) is 49.7 cm³/mol. The zero-order valence-electron chi connectivity index (χ0n) is 8.11. The second kappa shape index (κ2) is 3.57. The van der Waals surface area contributed by atoms with Crippen molar-refractivity contribution in [2.24, 2.45) is 5.92 Å². The normalized spacial score (nSPS) is 29.2. The van der Waals surface area contributed by atoms with Gasteiger partial charge in [-0.1, -0.05) is 19.8 Å². The Labute approximate surface area is 70.6 Å². The molecule has 0 radical (unpaired) electrons.